The molecule has 0 aliphatic rings. The molecule has 0 aliphatic heterocycles. The molecule has 20 heavy (non-hydrogen) atoms. The van der Waals surface area contributed by atoms with Crippen molar-refractivity contribution in [2.75, 3.05) is 6.26 Å². The highest BCUT2D eigenvalue weighted by molar-refractivity contribution is 7.92. The summed E-state index contributed by atoms with van der Waals surface area (Å²) in [6, 6.07) is 1.63. The third kappa shape index (κ3) is 3.61. The van der Waals surface area contributed by atoms with Crippen molar-refractivity contribution < 1.29 is 17.7 Å². The van der Waals surface area contributed by atoms with Crippen molar-refractivity contribution in [3.63, 3.8) is 0 Å². The lowest BCUT2D eigenvalue weighted by molar-refractivity contribution is -0.120. The lowest BCUT2D eigenvalue weighted by Crippen LogP contribution is -2.47. The van der Waals surface area contributed by atoms with E-state index in [1.807, 2.05) is 6.92 Å². The average molecular weight is 298 g/mol. The maximum Gasteiger partial charge on any atom is 0.238 e. The molecule has 0 aromatic carbocycles. The number of nitrogens with zero attached hydrogens (tertiary/aromatic N) is 1. The van der Waals surface area contributed by atoms with Gasteiger partial charge < -0.3 is 10.3 Å². The van der Waals surface area contributed by atoms with E-state index in [-0.39, 0.29) is 12.8 Å². The summed E-state index contributed by atoms with van der Waals surface area (Å²) >= 11 is 0. The SMILES string of the molecule is CCC#Cc1cc(CC[C@](C)(C(N)=O)S(C)(=O)=O)no1. The number of amides is 1. The minimum atomic E-state index is -3.60. The third-order valence-electron chi connectivity index (χ3n) is 3.15. The molecular weight excluding hydrogens is 280 g/mol. The molecular formula is C13H18N2O4S. The van der Waals surface area contributed by atoms with E-state index in [0.29, 0.717) is 17.9 Å². The van der Waals surface area contributed by atoms with Crippen LogP contribution in [0.15, 0.2) is 10.6 Å². The molecule has 1 aromatic rings. The van der Waals surface area contributed by atoms with Crippen LogP contribution in [0.1, 0.15) is 38.1 Å². The van der Waals surface area contributed by atoms with Gasteiger partial charge in [-0.15, -0.1) is 0 Å². The van der Waals surface area contributed by atoms with Gasteiger partial charge in [0.05, 0.1) is 5.69 Å². The minimum absolute atomic E-state index is 0.0499. The zero-order valence-electron chi connectivity index (χ0n) is 11.8. The second kappa shape index (κ2) is 6.09. The van der Waals surface area contributed by atoms with E-state index in [2.05, 4.69) is 17.0 Å². The highest BCUT2D eigenvalue weighted by atomic mass is 32.2. The predicted molar refractivity (Wildman–Crippen MR) is 74.4 cm³/mol. The summed E-state index contributed by atoms with van der Waals surface area (Å²) in [5, 5.41) is 3.79. The Kier molecular flexibility index (Phi) is 4.95. The number of aryl methyl sites for hydroxylation is 1. The average Bonchev–Trinajstić information content (AvgIpc) is 2.79. The van der Waals surface area contributed by atoms with Crippen LogP contribution in [0, 0.1) is 11.8 Å². The van der Waals surface area contributed by atoms with Crippen LogP contribution in [-0.2, 0) is 21.1 Å². The molecule has 0 radical (unpaired) electrons. The summed E-state index contributed by atoms with van der Waals surface area (Å²) in [7, 11) is -3.60. The Morgan fingerprint density at radius 1 is 1.55 bits per heavy atom. The van der Waals surface area contributed by atoms with Crippen LogP contribution in [0.4, 0.5) is 0 Å². The van der Waals surface area contributed by atoms with Gasteiger partial charge in [-0.25, -0.2) is 8.42 Å². The Morgan fingerprint density at radius 3 is 2.70 bits per heavy atom. The molecule has 7 heteroatoms. The summed E-state index contributed by atoms with van der Waals surface area (Å²) in [5.41, 5.74) is 5.75. The first-order valence-corrected chi connectivity index (χ1v) is 8.04. The van der Waals surface area contributed by atoms with Crippen molar-refractivity contribution in [2.45, 2.75) is 37.9 Å². The number of aromatic nitrogens is 1. The van der Waals surface area contributed by atoms with E-state index in [0.717, 1.165) is 6.26 Å². The number of carbonyl (C=O) groups excluding carboxylic acids is 1. The largest absolute Gasteiger partial charge is 0.368 e. The first-order valence-electron chi connectivity index (χ1n) is 6.14. The lowest BCUT2D eigenvalue weighted by Gasteiger charge is -2.23. The highest BCUT2D eigenvalue weighted by Crippen LogP contribution is 2.22. The summed E-state index contributed by atoms with van der Waals surface area (Å²) in [6.45, 7) is 3.23. The lowest BCUT2D eigenvalue weighted by atomic mass is 10.0. The molecule has 0 fully saturated rings. The number of rotatable bonds is 5. The van der Waals surface area contributed by atoms with Crippen molar-refractivity contribution in [1.29, 1.82) is 0 Å². The van der Waals surface area contributed by atoms with Crippen LogP contribution in [0.25, 0.3) is 0 Å². The smallest absolute Gasteiger partial charge is 0.238 e. The fraction of sp³-hybridized carbons (Fsp3) is 0.538. The first-order chi connectivity index (χ1) is 9.20. The number of hydrogen-bond donors (Lipinski definition) is 1. The van der Waals surface area contributed by atoms with Crippen molar-refractivity contribution in [3.05, 3.63) is 17.5 Å². The van der Waals surface area contributed by atoms with Crippen molar-refractivity contribution in [1.82, 2.24) is 5.16 Å². The zero-order valence-corrected chi connectivity index (χ0v) is 12.6. The molecule has 0 spiro atoms. The van der Waals surface area contributed by atoms with Crippen LogP contribution in [0.2, 0.25) is 0 Å². The molecule has 1 aromatic heterocycles. The van der Waals surface area contributed by atoms with Crippen LogP contribution < -0.4 is 5.73 Å². The van der Waals surface area contributed by atoms with Crippen molar-refractivity contribution in [3.8, 4) is 11.8 Å². The van der Waals surface area contributed by atoms with E-state index in [1.54, 1.807) is 6.07 Å². The molecule has 0 aliphatic carbocycles. The summed E-state index contributed by atoms with van der Waals surface area (Å²) in [6.07, 6.45) is 2.01. The Hall–Kier alpha value is -1.81. The van der Waals surface area contributed by atoms with Gasteiger partial charge in [-0.1, -0.05) is 18.0 Å². The highest BCUT2D eigenvalue weighted by Gasteiger charge is 2.41. The van der Waals surface area contributed by atoms with Gasteiger partial charge in [0.1, 0.15) is 4.75 Å². The zero-order chi connectivity index (χ0) is 15.4. The Balaban J connectivity index is 2.84. The Labute approximate surface area is 118 Å². The molecule has 1 amide bonds. The standard InChI is InChI=1S/C13H18N2O4S/c1-4-5-6-11-9-10(15-19-11)7-8-13(2,12(14)16)20(3,17)18/h9H,4,7-8H2,1-3H3,(H2,14,16)/t13-/m1/s1. The fourth-order valence-corrected chi connectivity index (χ4v) is 2.36. The molecule has 0 bridgehead atoms. The van der Waals surface area contributed by atoms with Gasteiger partial charge in [-0.05, 0) is 25.7 Å². The minimum Gasteiger partial charge on any atom is -0.368 e. The second-order valence-corrected chi connectivity index (χ2v) is 7.15. The van der Waals surface area contributed by atoms with Crippen molar-refractivity contribution >= 4 is 15.7 Å². The van der Waals surface area contributed by atoms with Gasteiger partial charge in [0.2, 0.25) is 11.7 Å². The molecule has 110 valence electrons. The molecule has 1 heterocycles. The normalized spacial score (nSPS) is 14.2. The molecule has 0 unspecified atom stereocenters. The van der Waals surface area contributed by atoms with Gasteiger partial charge in [-0.3, -0.25) is 4.79 Å². The van der Waals surface area contributed by atoms with E-state index >= 15 is 0 Å². The molecule has 1 atom stereocenters. The Bertz CT molecular complexity index is 651. The Morgan fingerprint density at radius 2 is 2.20 bits per heavy atom. The van der Waals surface area contributed by atoms with Crippen molar-refractivity contribution in [2.24, 2.45) is 5.73 Å². The second-order valence-electron chi connectivity index (χ2n) is 4.71. The maximum atomic E-state index is 11.7. The predicted octanol–water partition coefficient (Wildman–Crippen LogP) is 0.657. The van der Waals surface area contributed by atoms with Crippen LogP contribution in [-0.4, -0.2) is 30.5 Å². The first kappa shape index (κ1) is 16.2. The van der Waals surface area contributed by atoms with E-state index in [9.17, 15) is 13.2 Å². The van der Waals surface area contributed by atoms with E-state index in [4.69, 9.17) is 10.3 Å². The number of nitrogens with two attached hydrogens (primary N) is 1. The number of carbonyl (C=O) groups is 1. The van der Waals surface area contributed by atoms with Crippen LogP contribution in [0.5, 0.6) is 0 Å². The molecule has 1 rings (SSSR count). The molecule has 0 saturated carbocycles. The van der Waals surface area contributed by atoms with E-state index < -0.39 is 20.5 Å². The van der Waals surface area contributed by atoms with Gasteiger partial charge in [0.15, 0.2) is 9.84 Å². The number of primary amides is 1. The number of hydrogen-bond acceptors (Lipinski definition) is 5. The molecule has 2 N–H and O–H groups in total. The quantitative estimate of drug-likeness (QED) is 0.804. The van der Waals surface area contributed by atoms with Gasteiger partial charge >= 0.3 is 0 Å². The number of sulfone groups is 1. The van der Waals surface area contributed by atoms with Gasteiger partial charge in [-0.2, -0.15) is 0 Å². The van der Waals surface area contributed by atoms with Crippen LogP contribution >= 0.6 is 0 Å². The third-order valence-corrected chi connectivity index (χ3v) is 5.19. The summed E-state index contributed by atoms with van der Waals surface area (Å²) < 4.78 is 26.8. The summed E-state index contributed by atoms with van der Waals surface area (Å²) in [4.78, 5) is 11.4. The van der Waals surface area contributed by atoms with Crippen LogP contribution in [0.3, 0.4) is 0 Å². The monoisotopic (exact) mass is 298 g/mol. The topological polar surface area (TPSA) is 103 Å². The molecule has 6 nitrogen and oxygen atoms in total. The van der Waals surface area contributed by atoms with Gasteiger partial charge in [0.25, 0.3) is 0 Å². The maximum absolute atomic E-state index is 11.7. The fourth-order valence-electron chi connectivity index (χ4n) is 1.52. The van der Waals surface area contributed by atoms with E-state index in [1.165, 1.54) is 6.92 Å². The molecule has 0 saturated heterocycles. The summed E-state index contributed by atoms with van der Waals surface area (Å²) in [5.74, 6) is 5.17. The van der Waals surface area contributed by atoms with Gasteiger partial charge in [0, 0.05) is 18.7 Å².